The van der Waals surface area contributed by atoms with Gasteiger partial charge in [-0.15, -0.1) is 0 Å². The highest BCUT2D eigenvalue weighted by Gasteiger charge is 2.12. The Hall–Kier alpha value is -1.32. The molecule has 0 heterocycles. The Morgan fingerprint density at radius 2 is 1.60 bits per heavy atom. The van der Waals surface area contributed by atoms with Crippen LogP contribution in [0.2, 0.25) is 5.02 Å². The van der Waals surface area contributed by atoms with Crippen molar-refractivity contribution in [2.75, 3.05) is 5.75 Å². The van der Waals surface area contributed by atoms with Gasteiger partial charge in [-0.05, 0) is 34.6 Å². The summed E-state index contributed by atoms with van der Waals surface area (Å²) in [5.74, 6) is 2.15. The molecule has 20 heavy (non-hydrogen) atoms. The minimum absolute atomic E-state index is 0.250. The Bertz CT molecular complexity index is 552. The van der Waals surface area contributed by atoms with Crippen LogP contribution in [0, 0.1) is 5.53 Å². The number of hydrogen-bond acceptors (Lipinski definition) is 3. The van der Waals surface area contributed by atoms with Crippen LogP contribution in [-0.4, -0.2) is 5.75 Å². The maximum atomic E-state index is 7.44. The van der Waals surface area contributed by atoms with Crippen LogP contribution in [0.5, 0.6) is 0 Å². The first-order valence-corrected chi connectivity index (χ1v) is 8.06. The average Bonchev–Trinajstić information content (AvgIpc) is 2.49. The van der Waals surface area contributed by atoms with Crippen LogP contribution in [0.1, 0.15) is 29.7 Å². The molecule has 1 unspecified atom stereocenters. The summed E-state index contributed by atoms with van der Waals surface area (Å²) < 4.78 is 0. The summed E-state index contributed by atoms with van der Waals surface area (Å²) in [5.41, 5.74) is 10.8. The minimum atomic E-state index is -0.250. The van der Waals surface area contributed by atoms with Gasteiger partial charge in [0.1, 0.15) is 6.04 Å². The first kappa shape index (κ1) is 15.1. The summed E-state index contributed by atoms with van der Waals surface area (Å²) in [7, 11) is 0. The van der Waals surface area contributed by atoms with Gasteiger partial charge in [0.05, 0.1) is 0 Å². The molecular weight excluding hydrogens is 288 g/mol. The highest BCUT2D eigenvalue weighted by atomic mass is 35.5. The molecule has 0 spiro atoms. The van der Waals surface area contributed by atoms with Crippen molar-refractivity contribution >= 4 is 23.4 Å². The van der Waals surface area contributed by atoms with Gasteiger partial charge in [-0.2, -0.15) is 16.9 Å². The predicted molar refractivity (Wildman–Crippen MR) is 86.7 cm³/mol. The SMILES string of the molecule is CCSCc1ccc(C(N=N)c2ccc(Cl)cc2)cc1. The molecule has 2 rings (SSSR count). The van der Waals surface area contributed by atoms with E-state index in [2.05, 4.69) is 36.3 Å². The fraction of sp³-hybridized carbons (Fsp3) is 0.250. The topological polar surface area (TPSA) is 36.2 Å². The maximum Gasteiger partial charge on any atom is 0.121 e. The summed E-state index contributed by atoms with van der Waals surface area (Å²) in [6.45, 7) is 2.16. The summed E-state index contributed by atoms with van der Waals surface area (Å²) >= 11 is 7.80. The average molecular weight is 305 g/mol. The Morgan fingerprint density at radius 3 is 2.10 bits per heavy atom. The van der Waals surface area contributed by atoms with E-state index in [1.54, 1.807) is 0 Å². The zero-order valence-corrected chi connectivity index (χ0v) is 12.9. The Kier molecular flexibility index (Phi) is 5.62. The molecule has 0 radical (unpaired) electrons. The standard InChI is InChI=1S/C16H17ClN2S/c1-2-20-11-12-3-5-13(6-4-12)16(19-18)14-7-9-15(17)10-8-14/h3-10,16,18H,2,11H2,1H3. The minimum Gasteiger partial charge on any atom is -0.209 e. The first-order valence-electron chi connectivity index (χ1n) is 6.53. The smallest absolute Gasteiger partial charge is 0.121 e. The molecule has 2 aromatic carbocycles. The fourth-order valence-corrected chi connectivity index (χ4v) is 2.76. The van der Waals surface area contributed by atoms with Crippen LogP contribution >= 0.6 is 23.4 Å². The van der Waals surface area contributed by atoms with E-state index < -0.39 is 0 Å². The lowest BCUT2D eigenvalue weighted by atomic mass is 9.99. The number of benzene rings is 2. The van der Waals surface area contributed by atoms with Gasteiger partial charge in [0.25, 0.3) is 0 Å². The van der Waals surface area contributed by atoms with E-state index in [1.807, 2.05) is 36.0 Å². The van der Waals surface area contributed by atoms with E-state index in [0.717, 1.165) is 22.6 Å². The molecule has 4 heteroatoms. The molecule has 0 aliphatic carbocycles. The lowest BCUT2D eigenvalue weighted by Gasteiger charge is -2.12. The van der Waals surface area contributed by atoms with Crippen molar-refractivity contribution in [2.24, 2.45) is 5.11 Å². The quantitative estimate of drug-likeness (QED) is 0.681. The predicted octanol–water partition coefficient (Wildman–Crippen LogP) is 5.71. The monoisotopic (exact) mass is 304 g/mol. The van der Waals surface area contributed by atoms with Gasteiger partial charge in [-0.25, -0.2) is 5.53 Å². The fourth-order valence-electron chi connectivity index (χ4n) is 2.00. The van der Waals surface area contributed by atoms with E-state index in [9.17, 15) is 0 Å². The van der Waals surface area contributed by atoms with Gasteiger partial charge in [-0.3, -0.25) is 0 Å². The Morgan fingerprint density at radius 1 is 1.05 bits per heavy atom. The number of halogens is 1. The molecule has 0 amide bonds. The van der Waals surface area contributed by atoms with Crippen LogP contribution in [-0.2, 0) is 5.75 Å². The number of nitrogens with zero attached hydrogens (tertiary/aromatic N) is 1. The zero-order chi connectivity index (χ0) is 14.4. The summed E-state index contributed by atoms with van der Waals surface area (Å²) in [6.07, 6.45) is 0. The van der Waals surface area contributed by atoms with Gasteiger partial charge in [-0.1, -0.05) is 54.9 Å². The molecule has 0 bridgehead atoms. The van der Waals surface area contributed by atoms with Crippen molar-refractivity contribution in [3.8, 4) is 0 Å². The van der Waals surface area contributed by atoms with Gasteiger partial charge in [0, 0.05) is 10.8 Å². The highest BCUT2D eigenvalue weighted by Crippen LogP contribution is 2.27. The summed E-state index contributed by atoms with van der Waals surface area (Å²) in [6, 6.07) is 15.6. The molecule has 0 aliphatic heterocycles. The molecule has 2 aromatic rings. The van der Waals surface area contributed by atoms with E-state index in [-0.39, 0.29) is 6.04 Å². The summed E-state index contributed by atoms with van der Waals surface area (Å²) in [4.78, 5) is 0. The third kappa shape index (κ3) is 3.84. The molecule has 0 saturated heterocycles. The van der Waals surface area contributed by atoms with Crippen LogP contribution < -0.4 is 0 Å². The number of hydrogen-bond donors (Lipinski definition) is 1. The number of nitrogens with one attached hydrogen (secondary N) is 1. The maximum absolute atomic E-state index is 7.44. The second kappa shape index (κ2) is 7.46. The molecule has 0 fully saturated rings. The third-order valence-electron chi connectivity index (χ3n) is 3.08. The van der Waals surface area contributed by atoms with E-state index in [0.29, 0.717) is 5.02 Å². The van der Waals surface area contributed by atoms with Crippen LogP contribution in [0.15, 0.2) is 53.6 Å². The van der Waals surface area contributed by atoms with Crippen molar-refractivity contribution in [3.05, 3.63) is 70.2 Å². The Balaban J connectivity index is 2.19. The zero-order valence-electron chi connectivity index (χ0n) is 11.3. The van der Waals surface area contributed by atoms with Gasteiger partial charge in [0.15, 0.2) is 0 Å². The lowest BCUT2D eigenvalue weighted by molar-refractivity contribution is 0.775. The molecule has 0 aromatic heterocycles. The highest BCUT2D eigenvalue weighted by molar-refractivity contribution is 7.98. The normalized spacial score (nSPS) is 12.1. The van der Waals surface area contributed by atoms with Crippen molar-refractivity contribution in [3.63, 3.8) is 0 Å². The van der Waals surface area contributed by atoms with Crippen molar-refractivity contribution in [1.82, 2.24) is 0 Å². The van der Waals surface area contributed by atoms with Crippen LogP contribution in [0.25, 0.3) is 0 Å². The molecular formula is C16H17ClN2S. The third-order valence-corrected chi connectivity index (χ3v) is 4.28. The van der Waals surface area contributed by atoms with E-state index in [1.165, 1.54) is 5.56 Å². The molecule has 2 nitrogen and oxygen atoms in total. The Labute approximate surface area is 129 Å². The van der Waals surface area contributed by atoms with Crippen LogP contribution in [0.4, 0.5) is 0 Å². The largest absolute Gasteiger partial charge is 0.209 e. The lowest BCUT2D eigenvalue weighted by Crippen LogP contribution is -1.97. The molecule has 0 aliphatic rings. The van der Waals surface area contributed by atoms with Gasteiger partial charge in [0.2, 0.25) is 0 Å². The van der Waals surface area contributed by atoms with Crippen molar-refractivity contribution in [2.45, 2.75) is 18.7 Å². The second-order valence-corrected chi connectivity index (χ2v) is 6.17. The van der Waals surface area contributed by atoms with Crippen LogP contribution in [0.3, 0.4) is 0 Å². The molecule has 1 N–H and O–H groups in total. The van der Waals surface area contributed by atoms with Gasteiger partial charge < -0.3 is 0 Å². The number of thioether (sulfide) groups is 1. The molecule has 0 saturated carbocycles. The van der Waals surface area contributed by atoms with E-state index >= 15 is 0 Å². The molecule has 104 valence electrons. The summed E-state index contributed by atoms with van der Waals surface area (Å²) in [5, 5.41) is 4.45. The molecule has 1 atom stereocenters. The first-order chi connectivity index (χ1) is 9.74. The van der Waals surface area contributed by atoms with E-state index in [4.69, 9.17) is 17.1 Å². The van der Waals surface area contributed by atoms with Gasteiger partial charge >= 0.3 is 0 Å². The van der Waals surface area contributed by atoms with Crippen molar-refractivity contribution in [1.29, 1.82) is 5.53 Å². The van der Waals surface area contributed by atoms with Crippen molar-refractivity contribution < 1.29 is 0 Å². The second-order valence-electron chi connectivity index (χ2n) is 4.46. The number of rotatable bonds is 6.